The number of nitrogens with zero attached hydrogens (tertiary/aromatic N) is 1. The molecule has 2 aromatic rings. The molecule has 6 nitrogen and oxygen atoms in total. The lowest BCUT2D eigenvalue weighted by molar-refractivity contribution is -0.121. The van der Waals surface area contributed by atoms with Crippen LogP contribution in [0.2, 0.25) is 0 Å². The third-order valence-corrected chi connectivity index (χ3v) is 5.27. The molecule has 0 aliphatic heterocycles. The van der Waals surface area contributed by atoms with Crippen LogP contribution in [0.3, 0.4) is 0 Å². The quantitative estimate of drug-likeness (QED) is 0.633. The molecule has 29 heavy (non-hydrogen) atoms. The highest BCUT2D eigenvalue weighted by Crippen LogP contribution is 2.21. The second kappa shape index (κ2) is 10.2. The summed E-state index contributed by atoms with van der Waals surface area (Å²) in [6, 6.07) is 10.2. The van der Waals surface area contributed by atoms with E-state index in [0.717, 1.165) is 34.0 Å². The Morgan fingerprint density at radius 3 is 2.38 bits per heavy atom. The summed E-state index contributed by atoms with van der Waals surface area (Å²) in [5.74, 6) is -1.68. The van der Waals surface area contributed by atoms with Gasteiger partial charge >= 0.3 is 0 Å². The van der Waals surface area contributed by atoms with Gasteiger partial charge in [0.1, 0.15) is 5.75 Å². The number of ether oxygens (including phenoxy) is 1. The van der Waals surface area contributed by atoms with E-state index in [0.29, 0.717) is 13.2 Å². The van der Waals surface area contributed by atoms with Gasteiger partial charge in [-0.05, 0) is 43.2 Å². The van der Waals surface area contributed by atoms with E-state index in [2.05, 4.69) is 5.32 Å². The van der Waals surface area contributed by atoms with Crippen LogP contribution >= 0.6 is 0 Å². The van der Waals surface area contributed by atoms with Gasteiger partial charge in [-0.2, -0.15) is 0 Å². The van der Waals surface area contributed by atoms with Crippen molar-refractivity contribution in [1.82, 2.24) is 5.32 Å². The van der Waals surface area contributed by atoms with Crippen molar-refractivity contribution >= 4 is 21.6 Å². The van der Waals surface area contributed by atoms with Crippen LogP contribution in [-0.2, 0) is 21.4 Å². The van der Waals surface area contributed by atoms with E-state index in [1.165, 1.54) is 6.07 Å². The number of carbonyl (C=O) groups excluding carboxylic acids is 1. The summed E-state index contributed by atoms with van der Waals surface area (Å²) in [6.45, 7) is 2.78. The van der Waals surface area contributed by atoms with Gasteiger partial charge in [0.05, 0.1) is 18.6 Å². The Balaban J connectivity index is 1.87. The zero-order chi connectivity index (χ0) is 21.4. The highest BCUT2D eigenvalue weighted by Gasteiger charge is 2.19. The van der Waals surface area contributed by atoms with Gasteiger partial charge in [0, 0.05) is 25.6 Å². The molecule has 0 heterocycles. The molecule has 9 heteroatoms. The number of sulfonamides is 1. The van der Waals surface area contributed by atoms with Gasteiger partial charge in [-0.1, -0.05) is 12.1 Å². The minimum atomic E-state index is -3.71. The molecular formula is C20H24F2N2O4S. The first-order valence-corrected chi connectivity index (χ1v) is 11.0. The van der Waals surface area contributed by atoms with Crippen molar-refractivity contribution in [3.05, 3.63) is 59.7 Å². The number of amides is 1. The van der Waals surface area contributed by atoms with Crippen molar-refractivity contribution in [2.75, 3.05) is 23.7 Å². The molecule has 0 aliphatic carbocycles. The van der Waals surface area contributed by atoms with Gasteiger partial charge in [0.2, 0.25) is 15.9 Å². The lowest BCUT2D eigenvalue weighted by Gasteiger charge is -2.22. The second-order valence-corrected chi connectivity index (χ2v) is 8.30. The number of halogens is 2. The minimum absolute atomic E-state index is 0.0150. The molecule has 1 N–H and O–H groups in total. The Hall–Kier alpha value is -2.68. The van der Waals surface area contributed by atoms with Crippen LogP contribution in [-0.4, -0.2) is 33.7 Å². The van der Waals surface area contributed by atoms with E-state index in [1.807, 2.05) is 31.2 Å². The van der Waals surface area contributed by atoms with Crippen molar-refractivity contribution in [3.8, 4) is 5.75 Å². The van der Waals surface area contributed by atoms with Crippen LogP contribution in [0.15, 0.2) is 42.5 Å². The molecule has 0 fully saturated rings. The van der Waals surface area contributed by atoms with E-state index in [1.54, 1.807) is 0 Å². The van der Waals surface area contributed by atoms with Crippen molar-refractivity contribution in [1.29, 1.82) is 0 Å². The fourth-order valence-electron chi connectivity index (χ4n) is 2.67. The van der Waals surface area contributed by atoms with Crippen LogP contribution < -0.4 is 14.4 Å². The molecule has 0 atom stereocenters. The Morgan fingerprint density at radius 1 is 1.10 bits per heavy atom. The number of benzene rings is 2. The summed E-state index contributed by atoms with van der Waals surface area (Å²) in [5, 5.41) is 2.76. The molecule has 0 unspecified atom stereocenters. The minimum Gasteiger partial charge on any atom is -0.494 e. The molecule has 0 saturated heterocycles. The SMILES string of the molecule is CCOc1ccc(CNC(=O)CCCN(c2ccc(F)c(F)c2)S(C)(=O)=O)cc1. The molecule has 158 valence electrons. The standard InChI is InChI=1S/C20H24F2N2O4S/c1-3-28-17-9-6-15(7-10-17)14-23-20(25)5-4-12-24(29(2,26)27)16-8-11-18(21)19(22)13-16/h6-11,13H,3-5,12,14H2,1-2H3,(H,23,25). The maximum atomic E-state index is 13.4. The van der Waals surface area contributed by atoms with E-state index in [-0.39, 0.29) is 31.0 Å². The first-order chi connectivity index (χ1) is 13.7. The number of anilines is 1. The Kier molecular flexibility index (Phi) is 7.95. The van der Waals surface area contributed by atoms with Crippen molar-refractivity contribution in [2.45, 2.75) is 26.3 Å². The van der Waals surface area contributed by atoms with E-state index in [4.69, 9.17) is 4.74 Å². The van der Waals surface area contributed by atoms with Crippen LogP contribution in [0.4, 0.5) is 14.5 Å². The summed E-state index contributed by atoms with van der Waals surface area (Å²) < 4.78 is 56.8. The lowest BCUT2D eigenvalue weighted by Crippen LogP contribution is -2.32. The molecule has 2 aromatic carbocycles. The first-order valence-electron chi connectivity index (χ1n) is 9.12. The molecular weight excluding hydrogens is 402 g/mol. The fourth-order valence-corrected chi connectivity index (χ4v) is 3.63. The predicted octanol–water partition coefficient (Wildman–Crippen LogP) is 3.23. The lowest BCUT2D eigenvalue weighted by atomic mass is 10.2. The van der Waals surface area contributed by atoms with E-state index >= 15 is 0 Å². The zero-order valence-electron chi connectivity index (χ0n) is 16.3. The van der Waals surface area contributed by atoms with E-state index in [9.17, 15) is 22.0 Å². The summed E-state index contributed by atoms with van der Waals surface area (Å²) in [6.07, 6.45) is 1.29. The molecule has 2 rings (SSSR count). The third-order valence-electron chi connectivity index (χ3n) is 4.08. The Labute approximate surface area is 169 Å². The number of carbonyl (C=O) groups is 1. The van der Waals surface area contributed by atoms with Crippen LogP contribution in [0, 0.1) is 11.6 Å². The summed E-state index contributed by atoms with van der Waals surface area (Å²) in [5.41, 5.74) is 0.919. The van der Waals surface area contributed by atoms with Gasteiger partial charge in [0.25, 0.3) is 0 Å². The molecule has 0 spiro atoms. The van der Waals surface area contributed by atoms with Crippen molar-refractivity contribution in [2.24, 2.45) is 0 Å². The smallest absolute Gasteiger partial charge is 0.232 e. The van der Waals surface area contributed by atoms with Gasteiger partial charge in [-0.3, -0.25) is 9.10 Å². The summed E-state index contributed by atoms with van der Waals surface area (Å²) >= 11 is 0. The maximum Gasteiger partial charge on any atom is 0.232 e. The number of hydrogen-bond donors (Lipinski definition) is 1. The summed E-state index contributed by atoms with van der Waals surface area (Å²) in [4.78, 5) is 12.0. The largest absolute Gasteiger partial charge is 0.494 e. The average Bonchev–Trinajstić information content (AvgIpc) is 2.66. The van der Waals surface area contributed by atoms with Crippen LogP contribution in [0.1, 0.15) is 25.3 Å². The van der Waals surface area contributed by atoms with Gasteiger partial charge in [-0.25, -0.2) is 17.2 Å². The zero-order valence-corrected chi connectivity index (χ0v) is 17.1. The van der Waals surface area contributed by atoms with Crippen molar-refractivity contribution < 1.29 is 26.7 Å². The molecule has 0 aliphatic rings. The van der Waals surface area contributed by atoms with E-state index < -0.39 is 21.7 Å². The molecule has 0 radical (unpaired) electrons. The Bertz CT molecular complexity index is 934. The monoisotopic (exact) mass is 426 g/mol. The van der Waals surface area contributed by atoms with Gasteiger partial charge in [-0.15, -0.1) is 0 Å². The van der Waals surface area contributed by atoms with Gasteiger partial charge < -0.3 is 10.1 Å². The first kappa shape index (κ1) is 22.6. The molecule has 0 aromatic heterocycles. The van der Waals surface area contributed by atoms with Gasteiger partial charge in [0.15, 0.2) is 11.6 Å². The fraction of sp³-hybridized carbons (Fsp3) is 0.350. The molecule has 1 amide bonds. The highest BCUT2D eigenvalue weighted by molar-refractivity contribution is 7.92. The number of rotatable bonds is 10. The van der Waals surface area contributed by atoms with Crippen LogP contribution in [0.5, 0.6) is 5.75 Å². The predicted molar refractivity (Wildman–Crippen MR) is 107 cm³/mol. The average molecular weight is 426 g/mol. The normalized spacial score (nSPS) is 11.2. The third kappa shape index (κ3) is 7.01. The molecule has 0 bridgehead atoms. The molecule has 0 saturated carbocycles. The maximum absolute atomic E-state index is 13.4. The van der Waals surface area contributed by atoms with Crippen LogP contribution in [0.25, 0.3) is 0 Å². The highest BCUT2D eigenvalue weighted by atomic mass is 32.2. The number of hydrogen-bond acceptors (Lipinski definition) is 4. The topological polar surface area (TPSA) is 75.7 Å². The second-order valence-electron chi connectivity index (χ2n) is 6.39. The summed E-state index contributed by atoms with van der Waals surface area (Å²) in [7, 11) is -3.71. The van der Waals surface area contributed by atoms with Crippen molar-refractivity contribution in [3.63, 3.8) is 0 Å². The number of nitrogens with one attached hydrogen (secondary N) is 1. The Morgan fingerprint density at radius 2 is 1.79 bits per heavy atom.